The molecule has 2 saturated heterocycles. The van der Waals surface area contributed by atoms with Gasteiger partial charge in [0.1, 0.15) is 0 Å². The molecule has 4 rings (SSSR count). The van der Waals surface area contributed by atoms with Gasteiger partial charge < -0.3 is 14.5 Å². The van der Waals surface area contributed by atoms with Crippen molar-refractivity contribution in [3.63, 3.8) is 0 Å². The maximum atomic E-state index is 14.6. The maximum Gasteiger partial charge on any atom is 0.274 e. The molecule has 2 aliphatic heterocycles. The van der Waals surface area contributed by atoms with E-state index in [-0.39, 0.29) is 35.9 Å². The van der Waals surface area contributed by atoms with Gasteiger partial charge in [-0.2, -0.15) is 5.10 Å². The van der Waals surface area contributed by atoms with Gasteiger partial charge in [-0.3, -0.25) is 4.79 Å². The lowest BCUT2D eigenvalue weighted by Crippen LogP contribution is -2.55. The highest BCUT2D eigenvalue weighted by atomic mass is 19.3. The predicted molar refractivity (Wildman–Crippen MR) is 107 cm³/mol. The Hall–Kier alpha value is -2.84. The fraction of sp³-hybridized carbons (Fsp3) is 0.524. The van der Waals surface area contributed by atoms with E-state index in [1.807, 2.05) is 19.1 Å². The Kier molecular flexibility index (Phi) is 5.53. The Morgan fingerprint density at radius 3 is 2.57 bits per heavy atom. The molecule has 30 heavy (non-hydrogen) atoms. The number of pyridine rings is 1. The van der Waals surface area contributed by atoms with Gasteiger partial charge in [0, 0.05) is 55.8 Å². The van der Waals surface area contributed by atoms with Crippen molar-refractivity contribution in [3.05, 3.63) is 41.7 Å². The number of alkyl halides is 2. The number of aryl methyl sites for hydroxylation is 1. The molecule has 0 spiro atoms. The van der Waals surface area contributed by atoms with E-state index in [4.69, 9.17) is 4.74 Å². The molecule has 0 aliphatic carbocycles. The first-order valence-electron chi connectivity index (χ1n) is 10.1. The standard InChI is InChI=1S/C21H25F2N5O2/c1-14-3-6-18(26-25-14)28-16-4-5-17(28)13-27(12-16)20(29)7-9-21(22,23)15-8-10-24-19(11-15)30-2/h3,6,8,10-11,16-17H,4-5,7,9,12-13H2,1-2H3. The monoisotopic (exact) mass is 417 g/mol. The van der Waals surface area contributed by atoms with Crippen molar-refractivity contribution in [2.24, 2.45) is 0 Å². The summed E-state index contributed by atoms with van der Waals surface area (Å²) in [6, 6.07) is 6.65. The van der Waals surface area contributed by atoms with E-state index in [2.05, 4.69) is 20.1 Å². The average Bonchev–Trinajstić information content (AvgIpc) is 3.01. The van der Waals surface area contributed by atoms with E-state index < -0.39 is 12.3 Å². The molecule has 2 aliphatic rings. The largest absolute Gasteiger partial charge is 0.481 e. The lowest BCUT2D eigenvalue weighted by molar-refractivity contribution is -0.134. The van der Waals surface area contributed by atoms with Crippen molar-refractivity contribution in [2.45, 2.75) is 50.6 Å². The van der Waals surface area contributed by atoms with Crippen LogP contribution in [-0.4, -0.2) is 58.3 Å². The molecular weight excluding hydrogens is 392 g/mol. The lowest BCUT2D eigenvalue weighted by Gasteiger charge is -2.41. The Morgan fingerprint density at radius 1 is 1.20 bits per heavy atom. The highest BCUT2D eigenvalue weighted by Crippen LogP contribution is 2.36. The van der Waals surface area contributed by atoms with Crippen LogP contribution in [0.5, 0.6) is 5.88 Å². The van der Waals surface area contributed by atoms with Gasteiger partial charge in [-0.05, 0) is 38.0 Å². The van der Waals surface area contributed by atoms with Crippen LogP contribution in [0.1, 0.15) is 36.9 Å². The molecule has 2 fully saturated rings. The van der Waals surface area contributed by atoms with Gasteiger partial charge in [0.15, 0.2) is 5.82 Å². The molecule has 7 nitrogen and oxygen atoms in total. The topological polar surface area (TPSA) is 71.5 Å². The molecule has 1 amide bonds. The van der Waals surface area contributed by atoms with Gasteiger partial charge in [0.05, 0.1) is 12.8 Å². The maximum absolute atomic E-state index is 14.6. The van der Waals surface area contributed by atoms with E-state index in [9.17, 15) is 13.6 Å². The van der Waals surface area contributed by atoms with Crippen molar-refractivity contribution in [2.75, 3.05) is 25.1 Å². The number of amides is 1. The number of likely N-dealkylation sites (tertiary alicyclic amines) is 1. The van der Waals surface area contributed by atoms with Gasteiger partial charge in [-0.1, -0.05) is 0 Å². The molecule has 0 aromatic carbocycles. The predicted octanol–water partition coefficient (Wildman–Crippen LogP) is 2.94. The first kappa shape index (κ1) is 20.4. The molecule has 0 radical (unpaired) electrons. The number of nitrogens with zero attached hydrogens (tertiary/aromatic N) is 5. The number of methoxy groups -OCH3 is 1. The molecule has 160 valence electrons. The van der Waals surface area contributed by atoms with Gasteiger partial charge in [-0.15, -0.1) is 5.10 Å². The molecular formula is C21H25F2N5O2. The Labute approximate surface area is 174 Å². The number of hydrogen-bond donors (Lipinski definition) is 0. The molecule has 2 unspecified atom stereocenters. The highest BCUT2D eigenvalue weighted by molar-refractivity contribution is 5.77. The molecule has 2 aromatic heterocycles. The summed E-state index contributed by atoms with van der Waals surface area (Å²) in [6.45, 7) is 2.94. The zero-order valence-electron chi connectivity index (χ0n) is 17.1. The SMILES string of the molecule is COc1cc(C(F)(F)CCC(=O)N2CC3CCC(C2)N3c2ccc(C)nn2)ccn1. The van der Waals surface area contributed by atoms with Gasteiger partial charge >= 0.3 is 0 Å². The fourth-order valence-electron chi connectivity index (χ4n) is 4.33. The Balaban J connectivity index is 1.38. The third-order valence-corrected chi connectivity index (χ3v) is 5.90. The van der Waals surface area contributed by atoms with E-state index >= 15 is 0 Å². The van der Waals surface area contributed by atoms with Crippen LogP contribution in [0.4, 0.5) is 14.6 Å². The van der Waals surface area contributed by atoms with Crippen LogP contribution in [0, 0.1) is 6.92 Å². The number of anilines is 1. The van der Waals surface area contributed by atoms with Gasteiger partial charge in [-0.25, -0.2) is 13.8 Å². The highest BCUT2D eigenvalue weighted by Gasteiger charge is 2.42. The average molecular weight is 417 g/mol. The van der Waals surface area contributed by atoms with Crippen LogP contribution in [0.15, 0.2) is 30.5 Å². The quantitative estimate of drug-likeness (QED) is 0.720. The van der Waals surface area contributed by atoms with Crippen molar-refractivity contribution in [1.29, 1.82) is 0 Å². The number of carbonyl (C=O) groups is 1. The van der Waals surface area contributed by atoms with E-state index in [1.165, 1.54) is 25.4 Å². The van der Waals surface area contributed by atoms with E-state index in [0.29, 0.717) is 13.1 Å². The number of rotatable bonds is 6. The minimum atomic E-state index is -3.12. The summed E-state index contributed by atoms with van der Waals surface area (Å²) < 4.78 is 34.1. The summed E-state index contributed by atoms with van der Waals surface area (Å²) >= 11 is 0. The second-order valence-corrected chi connectivity index (χ2v) is 7.92. The fourth-order valence-corrected chi connectivity index (χ4v) is 4.33. The summed E-state index contributed by atoms with van der Waals surface area (Å²) in [6.07, 6.45) is 2.45. The number of halogens is 2. The molecule has 0 saturated carbocycles. The minimum Gasteiger partial charge on any atom is -0.481 e. The molecule has 2 atom stereocenters. The molecule has 2 aromatic rings. The van der Waals surface area contributed by atoms with Crippen LogP contribution in [0.25, 0.3) is 0 Å². The third kappa shape index (κ3) is 4.06. The molecule has 4 heterocycles. The second kappa shape index (κ2) is 8.12. The zero-order valence-corrected chi connectivity index (χ0v) is 17.1. The van der Waals surface area contributed by atoms with Crippen LogP contribution in [0.2, 0.25) is 0 Å². The Morgan fingerprint density at radius 2 is 1.93 bits per heavy atom. The van der Waals surface area contributed by atoms with E-state index in [0.717, 1.165) is 24.4 Å². The first-order chi connectivity index (χ1) is 14.4. The lowest BCUT2D eigenvalue weighted by atomic mass is 10.0. The molecule has 9 heteroatoms. The van der Waals surface area contributed by atoms with Crippen LogP contribution in [0.3, 0.4) is 0 Å². The van der Waals surface area contributed by atoms with Crippen molar-refractivity contribution in [3.8, 4) is 5.88 Å². The summed E-state index contributed by atoms with van der Waals surface area (Å²) in [7, 11) is 1.38. The first-order valence-corrected chi connectivity index (χ1v) is 10.1. The van der Waals surface area contributed by atoms with Crippen LogP contribution >= 0.6 is 0 Å². The van der Waals surface area contributed by atoms with E-state index in [1.54, 1.807) is 4.90 Å². The number of ether oxygens (including phenoxy) is 1. The summed E-state index contributed by atoms with van der Waals surface area (Å²) in [4.78, 5) is 20.5. The van der Waals surface area contributed by atoms with Crippen molar-refractivity contribution >= 4 is 11.7 Å². The summed E-state index contributed by atoms with van der Waals surface area (Å²) in [5.74, 6) is -2.41. The number of fused-ring (bicyclic) bond motifs is 2. The number of hydrogen-bond acceptors (Lipinski definition) is 6. The van der Waals surface area contributed by atoms with Crippen molar-refractivity contribution < 1.29 is 18.3 Å². The molecule has 0 N–H and O–H groups in total. The minimum absolute atomic E-state index is 0.130. The summed E-state index contributed by atoms with van der Waals surface area (Å²) in [5.41, 5.74) is 0.664. The Bertz CT molecular complexity index is 895. The van der Waals surface area contributed by atoms with Crippen LogP contribution < -0.4 is 9.64 Å². The second-order valence-electron chi connectivity index (χ2n) is 7.92. The van der Waals surface area contributed by atoms with Crippen LogP contribution in [-0.2, 0) is 10.7 Å². The van der Waals surface area contributed by atoms with Gasteiger partial charge in [0.25, 0.3) is 5.92 Å². The number of aromatic nitrogens is 3. The van der Waals surface area contributed by atoms with Crippen molar-refractivity contribution in [1.82, 2.24) is 20.1 Å². The zero-order chi connectivity index (χ0) is 21.3. The molecule has 2 bridgehead atoms. The van der Waals surface area contributed by atoms with Gasteiger partial charge in [0.2, 0.25) is 11.8 Å². The number of piperazine rings is 1. The number of carbonyl (C=O) groups excluding carboxylic acids is 1. The summed E-state index contributed by atoms with van der Waals surface area (Å²) in [5, 5.41) is 8.42. The third-order valence-electron chi connectivity index (χ3n) is 5.90. The normalized spacial score (nSPS) is 21.1. The smallest absolute Gasteiger partial charge is 0.274 e.